The summed E-state index contributed by atoms with van der Waals surface area (Å²) < 4.78 is 0. The van der Waals surface area contributed by atoms with Crippen LogP contribution in [0.4, 0.5) is 0 Å². The molecule has 0 aromatic heterocycles. The molecule has 2 aromatic carbocycles. The van der Waals surface area contributed by atoms with Gasteiger partial charge in [0.15, 0.2) is 0 Å². The van der Waals surface area contributed by atoms with Gasteiger partial charge in [0.25, 0.3) is 0 Å². The Kier molecular flexibility index (Phi) is 4.06. The monoisotopic (exact) mass is 240 g/mol. The lowest BCUT2D eigenvalue weighted by Gasteiger charge is -2.09. The number of fused-ring (bicyclic) bond motifs is 1. The number of rotatable bonds is 4. The molecular weight excluding hydrogens is 216 g/mol. The van der Waals surface area contributed by atoms with Crippen molar-refractivity contribution in [3.63, 3.8) is 0 Å². The molecule has 0 atom stereocenters. The van der Waals surface area contributed by atoms with Crippen LogP contribution in [0.5, 0.6) is 0 Å². The first-order valence-electron chi connectivity index (χ1n) is 7.06. The quantitative estimate of drug-likeness (QED) is 0.686. The van der Waals surface area contributed by atoms with E-state index in [1.165, 1.54) is 34.7 Å². The Balaban J connectivity index is 2.33. The van der Waals surface area contributed by atoms with Crippen LogP contribution in [0.1, 0.15) is 38.8 Å². The molecule has 0 amide bonds. The fourth-order valence-corrected chi connectivity index (χ4v) is 2.54. The topological polar surface area (TPSA) is 0 Å². The highest BCUT2D eigenvalue weighted by atomic mass is 14.1. The van der Waals surface area contributed by atoms with Crippen LogP contribution >= 0.6 is 0 Å². The minimum atomic E-state index is 0.723. The van der Waals surface area contributed by atoms with Gasteiger partial charge >= 0.3 is 0 Å². The summed E-state index contributed by atoms with van der Waals surface area (Å²) in [5.41, 5.74) is 2.92. The maximum absolute atomic E-state index is 2.36. The Labute approximate surface area is 111 Å². The summed E-state index contributed by atoms with van der Waals surface area (Å²) >= 11 is 0. The van der Waals surface area contributed by atoms with Crippen molar-refractivity contribution in [1.82, 2.24) is 0 Å². The summed E-state index contributed by atoms with van der Waals surface area (Å²) in [5.74, 6) is 1.45. The molecular formula is C18H24. The van der Waals surface area contributed by atoms with E-state index in [0.29, 0.717) is 0 Å². The Morgan fingerprint density at radius 3 is 1.50 bits per heavy atom. The van der Waals surface area contributed by atoms with Crippen LogP contribution in [0.15, 0.2) is 36.4 Å². The fourth-order valence-electron chi connectivity index (χ4n) is 2.54. The third kappa shape index (κ3) is 3.35. The Hall–Kier alpha value is -1.30. The van der Waals surface area contributed by atoms with Gasteiger partial charge in [0.2, 0.25) is 0 Å². The second-order valence-electron chi connectivity index (χ2n) is 6.21. The van der Waals surface area contributed by atoms with Crippen molar-refractivity contribution < 1.29 is 0 Å². The largest absolute Gasteiger partial charge is 0.0625 e. The molecule has 0 nitrogen and oxygen atoms in total. The molecule has 2 rings (SSSR count). The number of benzene rings is 2. The second-order valence-corrected chi connectivity index (χ2v) is 6.21. The maximum atomic E-state index is 2.36. The van der Waals surface area contributed by atoms with Gasteiger partial charge in [0.05, 0.1) is 0 Å². The van der Waals surface area contributed by atoms with Gasteiger partial charge in [-0.05, 0) is 46.6 Å². The van der Waals surface area contributed by atoms with Crippen LogP contribution in [0, 0.1) is 11.8 Å². The molecule has 0 saturated carbocycles. The molecule has 2 aromatic rings. The van der Waals surface area contributed by atoms with E-state index < -0.39 is 0 Å². The molecule has 18 heavy (non-hydrogen) atoms. The predicted octanol–water partition coefficient (Wildman–Crippen LogP) is 5.24. The Morgan fingerprint density at radius 1 is 0.667 bits per heavy atom. The molecule has 0 heteroatoms. The molecule has 0 aliphatic heterocycles. The van der Waals surface area contributed by atoms with Crippen molar-refractivity contribution in [3.05, 3.63) is 47.5 Å². The van der Waals surface area contributed by atoms with E-state index in [4.69, 9.17) is 0 Å². The van der Waals surface area contributed by atoms with Gasteiger partial charge in [0.1, 0.15) is 0 Å². The lowest BCUT2D eigenvalue weighted by atomic mass is 9.96. The van der Waals surface area contributed by atoms with Crippen LogP contribution in [-0.4, -0.2) is 0 Å². The van der Waals surface area contributed by atoms with Crippen molar-refractivity contribution in [2.75, 3.05) is 0 Å². The molecule has 0 aliphatic rings. The van der Waals surface area contributed by atoms with E-state index >= 15 is 0 Å². The van der Waals surface area contributed by atoms with Crippen molar-refractivity contribution in [1.29, 1.82) is 0 Å². The van der Waals surface area contributed by atoms with Gasteiger partial charge in [-0.1, -0.05) is 64.1 Å². The van der Waals surface area contributed by atoms with Gasteiger partial charge in [0, 0.05) is 0 Å². The highest BCUT2D eigenvalue weighted by molar-refractivity contribution is 5.83. The summed E-state index contributed by atoms with van der Waals surface area (Å²) in [6, 6.07) is 13.8. The predicted molar refractivity (Wildman–Crippen MR) is 81.0 cm³/mol. The van der Waals surface area contributed by atoms with Crippen LogP contribution in [-0.2, 0) is 12.8 Å². The third-order valence-corrected chi connectivity index (χ3v) is 3.26. The van der Waals surface area contributed by atoms with E-state index in [1.807, 2.05) is 0 Å². The molecule has 0 heterocycles. The Morgan fingerprint density at radius 2 is 1.11 bits per heavy atom. The minimum Gasteiger partial charge on any atom is -0.0625 e. The first-order valence-corrected chi connectivity index (χ1v) is 7.06. The summed E-state index contributed by atoms with van der Waals surface area (Å²) in [7, 11) is 0. The maximum Gasteiger partial charge on any atom is -0.0179 e. The zero-order valence-electron chi connectivity index (χ0n) is 12.0. The van der Waals surface area contributed by atoms with E-state index in [2.05, 4.69) is 64.1 Å². The van der Waals surface area contributed by atoms with Crippen LogP contribution in [0.2, 0.25) is 0 Å². The number of hydrogen-bond donors (Lipinski definition) is 0. The molecule has 0 N–H and O–H groups in total. The Bertz CT molecular complexity index is 476. The SMILES string of the molecule is CC(C)Cc1ccc2ccc(CC(C)C)cc2c1. The molecule has 0 bridgehead atoms. The van der Waals surface area contributed by atoms with E-state index in [-0.39, 0.29) is 0 Å². The molecule has 96 valence electrons. The third-order valence-electron chi connectivity index (χ3n) is 3.26. The smallest absolute Gasteiger partial charge is 0.0179 e. The standard InChI is InChI=1S/C18H24/c1-13(2)9-15-5-7-17-8-6-16(10-14(3)4)12-18(17)11-15/h5-8,11-14H,9-10H2,1-4H3. The number of hydrogen-bond acceptors (Lipinski definition) is 0. The van der Waals surface area contributed by atoms with E-state index in [1.54, 1.807) is 0 Å². The van der Waals surface area contributed by atoms with Gasteiger partial charge in [-0.25, -0.2) is 0 Å². The average Bonchev–Trinajstić information content (AvgIpc) is 2.26. The molecule has 0 spiro atoms. The summed E-state index contributed by atoms with van der Waals surface area (Å²) in [6.07, 6.45) is 2.34. The normalized spacial score (nSPS) is 11.7. The first-order chi connectivity index (χ1) is 8.54. The van der Waals surface area contributed by atoms with Gasteiger partial charge in [-0.15, -0.1) is 0 Å². The van der Waals surface area contributed by atoms with Crippen molar-refractivity contribution in [2.45, 2.75) is 40.5 Å². The van der Waals surface area contributed by atoms with Gasteiger partial charge in [-0.2, -0.15) is 0 Å². The summed E-state index contributed by atoms with van der Waals surface area (Å²) in [4.78, 5) is 0. The highest BCUT2D eigenvalue weighted by Crippen LogP contribution is 2.21. The lowest BCUT2D eigenvalue weighted by Crippen LogP contribution is -1.95. The van der Waals surface area contributed by atoms with E-state index in [9.17, 15) is 0 Å². The molecule has 0 radical (unpaired) electrons. The molecule has 0 unspecified atom stereocenters. The second kappa shape index (κ2) is 5.56. The molecule has 0 saturated heterocycles. The summed E-state index contributed by atoms with van der Waals surface area (Å²) in [5, 5.41) is 2.75. The van der Waals surface area contributed by atoms with Crippen molar-refractivity contribution in [3.8, 4) is 0 Å². The molecule has 0 fully saturated rings. The molecule has 0 aliphatic carbocycles. The van der Waals surface area contributed by atoms with Crippen LogP contribution in [0.3, 0.4) is 0 Å². The zero-order valence-corrected chi connectivity index (χ0v) is 12.0. The van der Waals surface area contributed by atoms with Crippen LogP contribution < -0.4 is 0 Å². The van der Waals surface area contributed by atoms with Crippen molar-refractivity contribution in [2.24, 2.45) is 11.8 Å². The van der Waals surface area contributed by atoms with Gasteiger partial charge < -0.3 is 0 Å². The van der Waals surface area contributed by atoms with Gasteiger partial charge in [-0.3, -0.25) is 0 Å². The minimum absolute atomic E-state index is 0.723. The lowest BCUT2D eigenvalue weighted by molar-refractivity contribution is 0.647. The van der Waals surface area contributed by atoms with Crippen molar-refractivity contribution >= 4 is 10.8 Å². The van der Waals surface area contributed by atoms with E-state index in [0.717, 1.165) is 11.8 Å². The zero-order chi connectivity index (χ0) is 13.1. The first kappa shape index (κ1) is 13.1. The van der Waals surface area contributed by atoms with Crippen LogP contribution in [0.25, 0.3) is 10.8 Å². The highest BCUT2D eigenvalue weighted by Gasteiger charge is 2.02. The average molecular weight is 240 g/mol. The fraction of sp³-hybridized carbons (Fsp3) is 0.444. The summed E-state index contributed by atoms with van der Waals surface area (Å²) in [6.45, 7) is 9.11.